The number of aliphatic imine (C=N–C) groups is 1. The van der Waals surface area contributed by atoms with Crippen LogP contribution in [-0.2, 0) is 0 Å². The lowest BCUT2D eigenvalue weighted by Gasteiger charge is -2.14. The fraction of sp³-hybridized carbons (Fsp3) is 0.105. The molecule has 0 spiro atoms. The highest BCUT2D eigenvalue weighted by Crippen LogP contribution is 2.38. The zero-order valence-electron chi connectivity index (χ0n) is 12.1. The van der Waals surface area contributed by atoms with E-state index in [4.69, 9.17) is 0 Å². The minimum atomic E-state index is 0.935. The molecule has 2 rings (SSSR count). The van der Waals surface area contributed by atoms with E-state index >= 15 is 0 Å². The highest BCUT2D eigenvalue weighted by Gasteiger charge is 2.13. The van der Waals surface area contributed by atoms with E-state index in [1.54, 1.807) is 0 Å². The fourth-order valence-corrected chi connectivity index (χ4v) is 2.53. The van der Waals surface area contributed by atoms with E-state index in [2.05, 4.69) is 42.4 Å². The number of hydrogen-bond acceptors (Lipinski definition) is 1. The third-order valence-corrected chi connectivity index (χ3v) is 3.31. The largest absolute Gasteiger partial charge is 0.260 e. The first kappa shape index (κ1) is 14.0. The molecule has 0 heterocycles. The van der Waals surface area contributed by atoms with Gasteiger partial charge in [0.25, 0.3) is 0 Å². The summed E-state index contributed by atoms with van der Waals surface area (Å²) in [4.78, 5) is 4.54. The summed E-state index contributed by atoms with van der Waals surface area (Å²) >= 11 is 0. The molecule has 0 radical (unpaired) electrons. The summed E-state index contributed by atoms with van der Waals surface area (Å²) < 4.78 is 0. The van der Waals surface area contributed by atoms with Gasteiger partial charge in [0, 0.05) is 17.3 Å². The Morgan fingerprint density at radius 2 is 1.50 bits per heavy atom. The second-order valence-corrected chi connectivity index (χ2v) is 4.43. The normalized spacial score (nSPS) is 11.5. The maximum Gasteiger partial charge on any atom is 0.0782 e. The van der Waals surface area contributed by atoms with Gasteiger partial charge in [-0.05, 0) is 30.2 Å². The highest BCUT2D eigenvalue weighted by molar-refractivity contribution is 6.04. The minimum absolute atomic E-state index is 0.935. The van der Waals surface area contributed by atoms with Gasteiger partial charge in [-0.15, -0.1) is 0 Å². The van der Waals surface area contributed by atoms with Crippen molar-refractivity contribution >= 4 is 40.9 Å². The van der Waals surface area contributed by atoms with Crippen LogP contribution in [0.1, 0.15) is 30.5 Å². The lowest BCUT2D eigenvalue weighted by molar-refractivity contribution is 1.50. The van der Waals surface area contributed by atoms with Crippen LogP contribution in [-0.4, -0.2) is 6.21 Å². The summed E-state index contributed by atoms with van der Waals surface area (Å²) in [7, 11) is 0. The lowest BCUT2D eigenvalue weighted by atomic mass is 9.92. The molecular weight excluding hydrogens is 242 g/mol. The third-order valence-electron chi connectivity index (χ3n) is 3.31. The SMILES string of the molecule is C=Cc1c(N=CC)c(C=C)c2ccccc2c1/C=C\C. The van der Waals surface area contributed by atoms with Crippen molar-refractivity contribution in [2.45, 2.75) is 13.8 Å². The van der Waals surface area contributed by atoms with Gasteiger partial charge in [-0.25, -0.2) is 0 Å². The summed E-state index contributed by atoms with van der Waals surface area (Å²) in [6.45, 7) is 11.8. The molecule has 0 bridgehead atoms. The average Bonchev–Trinajstić information content (AvgIpc) is 2.48. The zero-order valence-corrected chi connectivity index (χ0v) is 12.1. The molecule has 0 saturated carbocycles. The molecule has 1 heteroatoms. The van der Waals surface area contributed by atoms with Gasteiger partial charge in [-0.2, -0.15) is 0 Å². The first-order valence-corrected chi connectivity index (χ1v) is 6.73. The Morgan fingerprint density at radius 1 is 0.900 bits per heavy atom. The molecule has 2 aromatic carbocycles. The molecule has 0 fully saturated rings. The fourth-order valence-electron chi connectivity index (χ4n) is 2.53. The van der Waals surface area contributed by atoms with Crippen molar-refractivity contribution in [3.63, 3.8) is 0 Å². The van der Waals surface area contributed by atoms with Gasteiger partial charge in [-0.3, -0.25) is 4.99 Å². The van der Waals surface area contributed by atoms with Gasteiger partial charge in [0.2, 0.25) is 0 Å². The average molecular weight is 261 g/mol. The molecule has 0 atom stereocenters. The van der Waals surface area contributed by atoms with E-state index in [9.17, 15) is 0 Å². The van der Waals surface area contributed by atoms with Crippen LogP contribution >= 0.6 is 0 Å². The van der Waals surface area contributed by atoms with Gasteiger partial charge in [-0.1, -0.05) is 61.7 Å². The number of benzene rings is 2. The van der Waals surface area contributed by atoms with Gasteiger partial charge in [0.05, 0.1) is 5.69 Å². The molecule has 0 amide bonds. The Balaban J connectivity index is 3.08. The van der Waals surface area contributed by atoms with Crippen molar-refractivity contribution < 1.29 is 0 Å². The Bertz CT molecular complexity index is 718. The van der Waals surface area contributed by atoms with Crippen LogP contribution in [0.3, 0.4) is 0 Å². The molecule has 0 aliphatic carbocycles. The van der Waals surface area contributed by atoms with E-state index < -0.39 is 0 Å². The molecule has 0 aliphatic heterocycles. The van der Waals surface area contributed by atoms with Crippen LogP contribution in [0.2, 0.25) is 0 Å². The van der Waals surface area contributed by atoms with E-state index in [0.717, 1.165) is 22.4 Å². The van der Waals surface area contributed by atoms with Crippen molar-refractivity contribution in [3.8, 4) is 0 Å². The second kappa shape index (κ2) is 6.16. The van der Waals surface area contributed by atoms with Gasteiger partial charge in [0.1, 0.15) is 0 Å². The number of allylic oxidation sites excluding steroid dienone is 1. The van der Waals surface area contributed by atoms with Crippen LogP contribution in [0.15, 0.2) is 48.5 Å². The first-order valence-electron chi connectivity index (χ1n) is 6.73. The Hall–Kier alpha value is -2.41. The standard InChI is InChI=1S/C19H19N/c1-5-11-16-14(6-2)19(20-8-4)15(7-3)17-12-9-10-13-18(16)17/h5-13H,2-3H2,1,4H3/b11-5-,20-8?. The number of hydrogen-bond donors (Lipinski definition) is 0. The molecule has 2 aromatic rings. The zero-order chi connectivity index (χ0) is 14.5. The Labute approximate surface area is 120 Å². The molecule has 20 heavy (non-hydrogen) atoms. The summed E-state index contributed by atoms with van der Waals surface area (Å²) in [6.07, 6.45) is 9.71. The monoisotopic (exact) mass is 261 g/mol. The second-order valence-electron chi connectivity index (χ2n) is 4.43. The summed E-state index contributed by atoms with van der Waals surface area (Å²) in [6, 6.07) is 8.34. The van der Waals surface area contributed by atoms with Crippen LogP contribution in [0.5, 0.6) is 0 Å². The molecule has 100 valence electrons. The minimum Gasteiger partial charge on any atom is -0.260 e. The highest BCUT2D eigenvalue weighted by atomic mass is 14.7. The van der Waals surface area contributed by atoms with Crippen molar-refractivity contribution in [2.24, 2.45) is 4.99 Å². The van der Waals surface area contributed by atoms with Gasteiger partial charge in [0.15, 0.2) is 0 Å². The van der Waals surface area contributed by atoms with Gasteiger partial charge >= 0.3 is 0 Å². The van der Waals surface area contributed by atoms with Crippen molar-refractivity contribution in [1.82, 2.24) is 0 Å². The van der Waals surface area contributed by atoms with E-state index in [-0.39, 0.29) is 0 Å². The van der Waals surface area contributed by atoms with Gasteiger partial charge < -0.3 is 0 Å². The summed E-state index contributed by atoms with van der Waals surface area (Å²) in [5.74, 6) is 0. The maximum absolute atomic E-state index is 4.54. The molecule has 1 nitrogen and oxygen atoms in total. The molecule has 0 unspecified atom stereocenters. The number of nitrogens with zero attached hydrogens (tertiary/aromatic N) is 1. The van der Waals surface area contributed by atoms with E-state index in [0.29, 0.717) is 0 Å². The van der Waals surface area contributed by atoms with E-state index in [1.807, 2.05) is 44.4 Å². The number of rotatable bonds is 4. The molecule has 0 saturated heterocycles. The molecule has 0 aromatic heterocycles. The van der Waals surface area contributed by atoms with Crippen molar-refractivity contribution in [1.29, 1.82) is 0 Å². The van der Waals surface area contributed by atoms with Crippen LogP contribution in [0, 0.1) is 0 Å². The van der Waals surface area contributed by atoms with E-state index in [1.165, 1.54) is 10.8 Å². The molecule has 0 aliphatic rings. The predicted molar refractivity (Wildman–Crippen MR) is 92.7 cm³/mol. The van der Waals surface area contributed by atoms with Crippen LogP contribution < -0.4 is 0 Å². The molecular formula is C19H19N. The number of fused-ring (bicyclic) bond motifs is 1. The first-order chi connectivity index (χ1) is 9.78. The lowest BCUT2D eigenvalue weighted by Crippen LogP contribution is -1.91. The quantitative estimate of drug-likeness (QED) is 0.609. The summed E-state index contributed by atoms with van der Waals surface area (Å²) in [5.41, 5.74) is 4.20. The summed E-state index contributed by atoms with van der Waals surface area (Å²) in [5, 5.41) is 2.37. The topological polar surface area (TPSA) is 12.4 Å². The van der Waals surface area contributed by atoms with Crippen molar-refractivity contribution in [3.05, 3.63) is 60.2 Å². The smallest absolute Gasteiger partial charge is 0.0782 e. The Morgan fingerprint density at radius 3 is 2.00 bits per heavy atom. The van der Waals surface area contributed by atoms with Crippen LogP contribution in [0.4, 0.5) is 5.69 Å². The maximum atomic E-state index is 4.54. The third kappa shape index (κ3) is 2.23. The van der Waals surface area contributed by atoms with Crippen LogP contribution in [0.25, 0.3) is 29.0 Å². The molecule has 0 N–H and O–H groups in total. The van der Waals surface area contributed by atoms with Crippen molar-refractivity contribution in [2.75, 3.05) is 0 Å². The predicted octanol–water partition coefficient (Wildman–Crippen LogP) is 5.88. The Kier molecular flexibility index (Phi) is 4.31.